The van der Waals surface area contributed by atoms with Gasteiger partial charge in [-0.3, -0.25) is 14.5 Å². The van der Waals surface area contributed by atoms with Gasteiger partial charge in [0.1, 0.15) is 5.75 Å². The topological polar surface area (TPSA) is 108 Å². The van der Waals surface area contributed by atoms with Crippen LogP contribution in [-0.2, 0) is 22.9 Å². The molecule has 0 aliphatic heterocycles. The number of phenolic OH excluding ortho intramolecular Hbond substituents is 1. The number of carbonyl (C=O) groups excluding carboxylic acids is 1. The van der Waals surface area contributed by atoms with Crippen LogP contribution in [0.25, 0.3) is 10.9 Å². The standard InChI is InChI=1S/C37H54ClN3O4S/c1-4-7-8-9-10-11-12-13-14-15-16-17-18-19-24-46(44,45)41-30-23-20-22-29(25-30)37(43)40-34-27-32(38)35-31(36(34)42)26-28(6-3)33(39-35)21-5-2/h20,22-23,25-27,41-42H,4-19,21,24H2,1-3H3,(H,40,43). The number of benzene rings is 2. The predicted molar refractivity (Wildman–Crippen MR) is 194 cm³/mol. The summed E-state index contributed by atoms with van der Waals surface area (Å²) in [7, 11) is -3.55. The second-order valence-corrected chi connectivity index (χ2v) is 14.6. The number of nitrogens with one attached hydrogen (secondary N) is 2. The summed E-state index contributed by atoms with van der Waals surface area (Å²) in [6, 6.07) is 9.71. The van der Waals surface area contributed by atoms with E-state index in [0.717, 1.165) is 49.8 Å². The van der Waals surface area contributed by atoms with E-state index >= 15 is 0 Å². The molecule has 0 bridgehead atoms. The van der Waals surface area contributed by atoms with Crippen LogP contribution in [-0.4, -0.2) is 30.2 Å². The molecule has 7 nitrogen and oxygen atoms in total. The summed E-state index contributed by atoms with van der Waals surface area (Å²) in [5.74, 6) is -0.563. The zero-order valence-electron chi connectivity index (χ0n) is 28.1. The van der Waals surface area contributed by atoms with Crippen molar-refractivity contribution >= 4 is 49.8 Å². The number of sulfonamides is 1. The Kier molecular flexibility index (Phi) is 16.1. The Morgan fingerprint density at radius 2 is 1.43 bits per heavy atom. The molecule has 0 atom stereocenters. The number of amides is 1. The van der Waals surface area contributed by atoms with Gasteiger partial charge >= 0.3 is 0 Å². The van der Waals surface area contributed by atoms with E-state index in [1.54, 1.807) is 18.2 Å². The smallest absolute Gasteiger partial charge is 0.255 e. The molecule has 0 spiro atoms. The Hall–Kier alpha value is -2.84. The number of aromatic hydroxyl groups is 1. The van der Waals surface area contributed by atoms with Crippen molar-refractivity contribution in [2.45, 2.75) is 130 Å². The van der Waals surface area contributed by atoms with Crippen LogP contribution in [0.1, 0.15) is 139 Å². The third kappa shape index (κ3) is 12.1. The van der Waals surface area contributed by atoms with Gasteiger partial charge in [-0.05, 0) is 55.2 Å². The second kappa shape index (κ2) is 19.7. The molecule has 1 heterocycles. The molecule has 3 N–H and O–H groups in total. The number of halogens is 1. The summed E-state index contributed by atoms with van der Waals surface area (Å²) in [6.07, 6.45) is 19.4. The molecule has 46 heavy (non-hydrogen) atoms. The highest BCUT2D eigenvalue weighted by molar-refractivity contribution is 7.92. The van der Waals surface area contributed by atoms with Crippen LogP contribution in [0.2, 0.25) is 5.02 Å². The van der Waals surface area contributed by atoms with Gasteiger partial charge in [0, 0.05) is 22.3 Å². The van der Waals surface area contributed by atoms with Crippen molar-refractivity contribution in [3.05, 3.63) is 58.2 Å². The number of anilines is 2. The van der Waals surface area contributed by atoms with E-state index in [4.69, 9.17) is 16.6 Å². The zero-order chi connectivity index (χ0) is 33.4. The molecule has 254 valence electrons. The molecule has 0 aliphatic carbocycles. The summed E-state index contributed by atoms with van der Waals surface area (Å²) < 4.78 is 28.1. The number of fused-ring (bicyclic) bond motifs is 1. The number of hydrogen-bond donors (Lipinski definition) is 3. The second-order valence-electron chi connectivity index (χ2n) is 12.4. The Bertz CT molecular complexity index is 1510. The maximum Gasteiger partial charge on any atom is 0.255 e. The van der Waals surface area contributed by atoms with Gasteiger partial charge in [0.15, 0.2) is 0 Å². The molecule has 9 heteroatoms. The Morgan fingerprint density at radius 1 is 0.826 bits per heavy atom. The quantitative estimate of drug-likeness (QED) is 0.0727. The van der Waals surface area contributed by atoms with Crippen LogP contribution in [0.3, 0.4) is 0 Å². The van der Waals surface area contributed by atoms with E-state index in [1.807, 2.05) is 13.0 Å². The Balaban J connectivity index is 1.47. The first-order chi connectivity index (χ1) is 22.2. The summed E-state index contributed by atoms with van der Waals surface area (Å²) in [4.78, 5) is 17.9. The first-order valence-corrected chi connectivity index (χ1v) is 19.5. The van der Waals surface area contributed by atoms with Crippen LogP contribution >= 0.6 is 11.6 Å². The van der Waals surface area contributed by atoms with Crippen LogP contribution in [0, 0.1) is 0 Å². The lowest BCUT2D eigenvalue weighted by atomic mass is 10.0. The number of unbranched alkanes of at least 4 members (excludes halogenated alkanes) is 13. The molecule has 2 aromatic carbocycles. The van der Waals surface area contributed by atoms with Gasteiger partial charge in [-0.15, -0.1) is 0 Å². The molecular formula is C37H54ClN3O4S. The largest absolute Gasteiger partial charge is 0.505 e. The summed E-state index contributed by atoms with van der Waals surface area (Å²) in [5.41, 5.74) is 3.21. The number of hydrogen-bond acceptors (Lipinski definition) is 5. The molecule has 0 saturated carbocycles. The maximum atomic E-state index is 13.2. The highest BCUT2D eigenvalue weighted by Crippen LogP contribution is 2.38. The first kappa shape index (κ1) is 37.6. The molecule has 0 radical (unpaired) electrons. The van der Waals surface area contributed by atoms with Gasteiger partial charge in [0.05, 0.1) is 22.0 Å². The molecule has 1 amide bonds. The summed E-state index contributed by atoms with van der Waals surface area (Å²) in [6.45, 7) is 6.37. The minimum Gasteiger partial charge on any atom is -0.505 e. The number of nitrogens with zero attached hydrogens (tertiary/aromatic N) is 1. The number of phenols is 1. The molecular weight excluding hydrogens is 618 g/mol. The lowest BCUT2D eigenvalue weighted by Gasteiger charge is -2.14. The fraction of sp³-hybridized carbons (Fsp3) is 0.568. The molecule has 3 rings (SSSR count). The number of aryl methyl sites for hydroxylation is 2. The minimum absolute atomic E-state index is 0.0403. The van der Waals surface area contributed by atoms with Crippen molar-refractivity contribution < 1.29 is 18.3 Å². The van der Waals surface area contributed by atoms with Crippen molar-refractivity contribution in [1.29, 1.82) is 0 Å². The van der Waals surface area contributed by atoms with E-state index in [1.165, 1.54) is 76.3 Å². The van der Waals surface area contributed by atoms with Crippen molar-refractivity contribution in [3.8, 4) is 5.75 Å². The fourth-order valence-electron chi connectivity index (χ4n) is 5.85. The third-order valence-corrected chi connectivity index (χ3v) is 10.1. The number of pyridine rings is 1. The molecule has 1 aromatic heterocycles. The van der Waals surface area contributed by atoms with E-state index in [-0.39, 0.29) is 22.8 Å². The summed E-state index contributed by atoms with van der Waals surface area (Å²) in [5, 5.41) is 14.6. The first-order valence-electron chi connectivity index (χ1n) is 17.4. The SMILES string of the molecule is CCCCCCCCCCCCCCCCS(=O)(=O)Nc1cccc(C(=O)Nc2cc(Cl)c3nc(CCC)c(CC)cc3c2O)c1. The average Bonchev–Trinajstić information content (AvgIpc) is 3.03. The average molecular weight is 672 g/mol. The van der Waals surface area contributed by atoms with Crippen LogP contribution < -0.4 is 10.0 Å². The van der Waals surface area contributed by atoms with Crippen molar-refractivity contribution in [1.82, 2.24) is 4.98 Å². The van der Waals surface area contributed by atoms with Gasteiger partial charge in [-0.2, -0.15) is 0 Å². The maximum absolute atomic E-state index is 13.2. The highest BCUT2D eigenvalue weighted by Gasteiger charge is 2.18. The molecule has 3 aromatic rings. The van der Waals surface area contributed by atoms with Crippen LogP contribution in [0.5, 0.6) is 5.75 Å². The van der Waals surface area contributed by atoms with E-state index < -0.39 is 15.9 Å². The Morgan fingerprint density at radius 3 is 2.02 bits per heavy atom. The Labute approximate surface area is 282 Å². The van der Waals surface area contributed by atoms with Gasteiger partial charge < -0.3 is 10.4 Å². The molecule has 0 aliphatic rings. The number of rotatable bonds is 22. The van der Waals surface area contributed by atoms with E-state index in [2.05, 4.69) is 23.9 Å². The number of aromatic nitrogens is 1. The van der Waals surface area contributed by atoms with Gasteiger partial charge in [0.25, 0.3) is 5.91 Å². The van der Waals surface area contributed by atoms with Gasteiger partial charge in [-0.25, -0.2) is 8.42 Å². The zero-order valence-corrected chi connectivity index (χ0v) is 29.7. The highest BCUT2D eigenvalue weighted by atomic mass is 35.5. The third-order valence-electron chi connectivity index (χ3n) is 8.48. The van der Waals surface area contributed by atoms with Crippen molar-refractivity contribution in [3.63, 3.8) is 0 Å². The van der Waals surface area contributed by atoms with Gasteiger partial charge in [-0.1, -0.05) is 128 Å². The van der Waals surface area contributed by atoms with Crippen molar-refractivity contribution in [2.75, 3.05) is 15.8 Å². The van der Waals surface area contributed by atoms with Crippen molar-refractivity contribution in [2.24, 2.45) is 0 Å². The summed E-state index contributed by atoms with van der Waals surface area (Å²) >= 11 is 6.54. The van der Waals surface area contributed by atoms with Crippen LogP contribution in [0.4, 0.5) is 11.4 Å². The number of carbonyl (C=O) groups is 1. The van der Waals surface area contributed by atoms with Gasteiger partial charge in [0.2, 0.25) is 10.0 Å². The lowest BCUT2D eigenvalue weighted by molar-refractivity contribution is 0.102. The van der Waals surface area contributed by atoms with E-state index in [0.29, 0.717) is 28.0 Å². The normalized spacial score (nSPS) is 11.7. The van der Waals surface area contributed by atoms with E-state index in [9.17, 15) is 18.3 Å². The molecule has 0 saturated heterocycles. The fourth-order valence-corrected chi connectivity index (χ4v) is 7.28. The monoisotopic (exact) mass is 671 g/mol. The minimum atomic E-state index is -3.55. The molecule has 0 unspecified atom stereocenters. The molecule has 0 fully saturated rings. The van der Waals surface area contributed by atoms with Crippen LogP contribution in [0.15, 0.2) is 36.4 Å². The lowest BCUT2D eigenvalue weighted by Crippen LogP contribution is -2.17. The predicted octanol–water partition coefficient (Wildman–Crippen LogP) is 10.6.